The number of carbonyl (C=O) groups excluding carboxylic acids is 4. The molecule has 0 saturated carbocycles. The first-order chi connectivity index (χ1) is 15.4. The third-order valence-corrected chi connectivity index (χ3v) is 6.08. The molecular weight excluding hydrogens is 408 g/mol. The molecule has 2 aromatic rings. The predicted octanol–water partition coefficient (Wildman–Crippen LogP) is 3.55. The summed E-state index contributed by atoms with van der Waals surface area (Å²) in [5.41, 5.74) is 3.32. The first-order valence-electron chi connectivity index (χ1n) is 10.5. The second-order valence-electron chi connectivity index (χ2n) is 8.09. The molecule has 1 fully saturated rings. The SMILES string of the molecule is Cc1cccc(NC(=O)COC(=O)c2ccc(N3C(=O)[C@H]4CC=CC[C@H]4C3=O)cc2)c1C. The van der Waals surface area contributed by atoms with Gasteiger partial charge in [0.15, 0.2) is 6.61 Å². The summed E-state index contributed by atoms with van der Waals surface area (Å²) in [5, 5.41) is 2.74. The molecule has 1 N–H and O–H groups in total. The zero-order chi connectivity index (χ0) is 22.8. The van der Waals surface area contributed by atoms with Crippen molar-refractivity contribution in [2.45, 2.75) is 26.7 Å². The highest BCUT2D eigenvalue weighted by atomic mass is 16.5. The van der Waals surface area contributed by atoms with E-state index in [2.05, 4.69) is 5.32 Å². The van der Waals surface area contributed by atoms with E-state index in [1.54, 1.807) is 18.2 Å². The lowest BCUT2D eigenvalue weighted by Gasteiger charge is -2.15. The molecule has 32 heavy (non-hydrogen) atoms. The Hall–Kier alpha value is -3.74. The molecule has 1 aliphatic carbocycles. The summed E-state index contributed by atoms with van der Waals surface area (Å²) in [6.45, 7) is 3.43. The van der Waals surface area contributed by atoms with Gasteiger partial charge in [-0.15, -0.1) is 0 Å². The molecule has 0 spiro atoms. The second-order valence-corrected chi connectivity index (χ2v) is 8.09. The van der Waals surface area contributed by atoms with Gasteiger partial charge in [-0.1, -0.05) is 24.3 Å². The highest BCUT2D eigenvalue weighted by Crippen LogP contribution is 2.37. The molecule has 7 heteroatoms. The number of anilines is 2. The van der Waals surface area contributed by atoms with Gasteiger partial charge >= 0.3 is 5.97 Å². The standard InChI is InChI=1S/C25H24N2O5/c1-15-6-5-9-21(16(15)2)26-22(28)14-32-25(31)17-10-12-18(13-11-17)27-23(29)19-7-3-4-8-20(19)24(27)30/h3-6,9-13,19-20H,7-8,14H2,1-2H3,(H,26,28)/t19-,20+. The minimum absolute atomic E-state index is 0.206. The number of esters is 1. The number of nitrogens with one attached hydrogen (secondary N) is 1. The number of imide groups is 1. The zero-order valence-electron chi connectivity index (χ0n) is 18.0. The van der Waals surface area contributed by atoms with Crippen molar-refractivity contribution in [3.63, 3.8) is 0 Å². The van der Waals surface area contributed by atoms with E-state index in [0.29, 0.717) is 24.2 Å². The lowest BCUT2D eigenvalue weighted by atomic mass is 9.85. The largest absolute Gasteiger partial charge is 0.452 e. The van der Waals surface area contributed by atoms with E-state index in [9.17, 15) is 19.2 Å². The summed E-state index contributed by atoms with van der Waals surface area (Å²) in [5.74, 6) is -2.14. The summed E-state index contributed by atoms with van der Waals surface area (Å²) >= 11 is 0. The minimum atomic E-state index is -0.662. The van der Waals surface area contributed by atoms with Crippen molar-refractivity contribution in [1.29, 1.82) is 0 Å². The molecule has 0 unspecified atom stereocenters. The second kappa shape index (κ2) is 8.78. The summed E-state index contributed by atoms with van der Waals surface area (Å²) in [4.78, 5) is 51.0. The molecule has 1 saturated heterocycles. The van der Waals surface area contributed by atoms with Gasteiger partial charge in [0.25, 0.3) is 5.91 Å². The van der Waals surface area contributed by atoms with Crippen molar-refractivity contribution in [1.82, 2.24) is 0 Å². The van der Waals surface area contributed by atoms with Crippen LogP contribution in [0.1, 0.15) is 34.3 Å². The number of carbonyl (C=O) groups is 4. The number of rotatable bonds is 5. The van der Waals surface area contributed by atoms with Crippen molar-refractivity contribution in [3.05, 3.63) is 71.3 Å². The monoisotopic (exact) mass is 432 g/mol. The normalized spacial score (nSPS) is 19.6. The Morgan fingerprint density at radius 1 is 0.969 bits per heavy atom. The Balaban J connectivity index is 1.36. The van der Waals surface area contributed by atoms with E-state index in [1.807, 2.05) is 38.1 Å². The highest BCUT2D eigenvalue weighted by Gasteiger charge is 2.47. The fraction of sp³-hybridized carbons (Fsp3) is 0.280. The van der Waals surface area contributed by atoms with Gasteiger partial charge in [0.1, 0.15) is 0 Å². The van der Waals surface area contributed by atoms with Gasteiger partial charge < -0.3 is 10.1 Å². The molecule has 0 radical (unpaired) electrons. The molecule has 2 aromatic carbocycles. The van der Waals surface area contributed by atoms with Gasteiger partial charge in [0.2, 0.25) is 11.8 Å². The molecule has 7 nitrogen and oxygen atoms in total. The number of nitrogens with zero attached hydrogens (tertiary/aromatic N) is 1. The Bertz CT molecular complexity index is 1090. The summed E-state index contributed by atoms with van der Waals surface area (Å²) in [6.07, 6.45) is 5.01. The van der Waals surface area contributed by atoms with Crippen LogP contribution in [0.3, 0.4) is 0 Å². The number of benzene rings is 2. The maximum absolute atomic E-state index is 12.7. The van der Waals surface area contributed by atoms with Crippen molar-refractivity contribution in [3.8, 4) is 0 Å². The summed E-state index contributed by atoms with van der Waals surface area (Å²) < 4.78 is 5.11. The summed E-state index contributed by atoms with van der Waals surface area (Å²) in [6, 6.07) is 11.6. The maximum atomic E-state index is 12.7. The fourth-order valence-corrected chi connectivity index (χ4v) is 4.09. The van der Waals surface area contributed by atoms with E-state index in [4.69, 9.17) is 4.74 Å². The van der Waals surface area contributed by atoms with E-state index in [1.165, 1.54) is 17.0 Å². The molecule has 3 amide bonds. The molecule has 1 aliphatic heterocycles. The van der Waals surface area contributed by atoms with Crippen LogP contribution in [0.4, 0.5) is 11.4 Å². The van der Waals surface area contributed by atoms with Crippen LogP contribution in [-0.4, -0.2) is 30.3 Å². The smallest absolute Gasteiger partial charge is 0.338 e. The average molecular weight is 432 g/mol. The number of ether oxygens (including phenoxy) is 1. The van der Waals surface area contributed by atoms with E-state index >= 15 is 0 Å². The quantitative estimate of drug-likeness (QED) is 0.443. The number of allylic oxidation sites excluding steroid dienone is 2. The third-order valence-electron chi connectivity index (χ3n) is 6.08. The minimum Gasteiger partial charge on any atom is -0.452 e. The Labute approximate surface area is 186 Å². The van der Waals surface area contributed by atoms with E-state index in [-0.39, 0.29) is 29.2 Å². The van der Waals surface area contributed by atoms with Crippen LogP contribution in [0, 0.1) is 25.7 Å². The van der Waals surface area contributed by atoms with Crippen molar-refractivity contribution >= 4 is 35.1 Å². The number of hydrogen-bond acceptors (Lipinski definition) is 5. The fourth-order valence-electron chi connectivity index (χ4n) is 4.09. The van der Waals surface area contributed by atoms with Gasteiger partial charge in [-0.2, -0.15) is 0 Å². The van der Waals surface area contributed by atoms with E-state index < -0.39 is 18.5 Å². The number of amides is 3. The Morgan fingerprint density at radius 2 is 1.59 bits per heavy atom. The molecule has 2 atom stereocenters. The molecular formula is C25H24N2O5. The summed E-state index contributed by atoms with van der Waals surface area (Å²) in [7, 11) is 0. The third kappa shape index (κ3) is 4.06. The van der Waals surface area contributed by atoms with Crippen LogP contribution >= 0.6 is 0 Å². The lowest BCUT2D eigenvalue weighted by Crippen LogP contribution is -2.30. The number of hydrogen-bond donors (Lipinski definition) is 1. The number of aryl methyl sites for hydroxylation is 1. The van der Waals surface area contributed by atoms with Crippen LogP contribution in [0.2, 0.25) is 0 Å². The molecule has 164 valence electrons. The topological polar surface area (TPSA) is 92.8 Å². The zero-order valence-corrected chi connectivity index (χ0v) is 18.0. The van der Waals surface area contributed by atoms with Gasteiger partial charge in [-0.3, -0.25) is 19.3 Å². The van der Waals surface area contributed by atoms with Crippen LogP contribution in [0.15, 0.2) is 54.6 Å². The van der Waals surface area contributed by atoms with Gasteiger partial charge in [-0.05, 0) is 68.1 Å². The van der Waals surface area contributed by atoms with Gasteiger partial charge in [0.05, 0.1) is 23.1 Å². The maximum Gasteiger partial charge on any atom is 0.338 e. The van der Waals surface area contributed by atoms with E-state index in [0.717, 1.165) is 11.1 Å². The number of fused-ring (bicyclic) bond motifs is 1. The molecule has 0 bridgehead atoms. The van der Waals surface area contributed by atoms with Crippen LogP contribution < -0.4 is 10.2 Å². The molecule has 0 aromatic heterocycles. The van der Waals surface area contributed by atoms with Crippen LogP contribution in [-0.2, 0) is 19.1 Å². The molecule has 4 rings (SSSR count). The van der Waals surface area contributed by atoms with Gasteiger partial charge in [-0.25, -0.2) is 4.79 Å². The highest BCUT2D eigenvalue weighted by molar-refractivity contribution is 6.22. The molecule has 1 heterocycles. The van der Waals surface area contributed by atoms with Crippen LogP contribution in [0.25, 0.3) is 0 Å². The average Bonchev–Trinajstić information content (AvgIpc) is 3.06. The Morgan fingerprint density at radius 3 is 2.22 bits per heavy atom. The predicted molar refractivity (Wildman–Crippen MR) is 119 cm³/mol. The van der Waals surface area contributed by atoms with Crippen molar-refractivity contribution in [2.75, 3.05) is 16.8 Å². The first-order valence-corrected chi connectivity index (χ1v) is 10.5. The molecule has 2 aliphatic rings. The van der Waals surface area contributed by atoms with Gasteiger partial charge in [0, 0.05) is 5.69 Å². The first kappa shape index (κ1) is 21.5. The van der Waals surface area contributed by atoms with Crippen molar-refractivity contribution in [2.24, 2.45) is 11.8 Å². The lowest BCUT2D eigenvalue weighted by molar-refractivity contribution is -0.122. The van der Waals surface area contributed by atoms with Crippen LogP contribution in [0.5, 0.6) is 0 Å². The Kier molecular flexibility index (Phi) is 5.90. The van der Waals surface area contributed by atoms with Crippen molar-refractivity contribution < 1.29 is 23.9 Å².